The molecule has 0 bridgehead atoms. The third-order valence-electron chi connectivity index (χ3n) is 1.75. The van der Waals surface area contributed by atoms with Gasteiger partial charge in [-0.05, 0) is 47.0 Å². The van der Waals surface area contributed by atoms with Crippen molar-refractivity contribution in [3.05, 3.63) is 28.2 Å². The van der Waals surface area contributed by atoms with Crippen LogP contribution in [0.5, 0.6) is 0 Å². The van der Waals surface area contributed by atoms with Crippen LogP contribution in [0.4, 0.5) is 10.1 Å². The zero-order chi connectivity index (χ0) is 9.68. The molecule has 1 aromatic carbocycles. The lowest BCUT2D eigenvalue weighted by Crippen LogP contribution is -2.02. The number of rotatable bonds is 4. The molecule has 3 heteroatoms. The van der Waals surface area contributed by atoms with Crippen molar-refractivity contribution in [3.8, 4) is 0 Å². The lowest BCUT2D eigenvalue weighted by atomic mass is 10.2. The Hall–Kier alpha value is -0.570. The highest BCUT2D eigenvalue weighted by Gasteiger charge is 1.97. The van der Waals surface area contributed by atoms with E-state index in [1.807, 2.05) is 25.1 Å². The van der Waals surface area contributed by atoms with Crippen molar-refractivity contribution in [1.82, 2.24) is 0 Å². The van der Waals surface area contributed by atoms with Crippen molar-refractivity contribution < 1.29 is 4.39 Å². The Kier molecular flexibility index (Phi) is 4.22. The summed E-state index contributed by atoms with van der Waals surface area (Å²) < 4.78 is 12.8. The van der Waals surface area contributed by atoms with Gasteiger partial charge in [-0.15, -0.1) is 0 Å². The van der Waals surface area contributed by atoms with Crippen LogP contribution in [0.1, 0.15) is 12.0 Å². The fraction of sp³-hybridized carbons (Fsp3) is 0.400. The summed E-state index contributed by atoms with van der Waals surface area (Å²) in [5, 5.41) is 3.15. The molecule has 0 heterocycles. The van der Waals surface area contributed by atoms with E-state index in [1.54, 1.807) is 0 Å². The minimum absolute atomic E-state index is 0.267. The molecule has 0 radical (unpaired) electrons. The van der Waals surface area contributed by atoms with Gasteiger partial charge in [-0.2, -0.15) is 0 Å². The van der Waals surface area contributed by atoms with E-state index in [4.69, 9.17) is 0 Å². The topological polar surface area (TPSA) is 12.0 Å². The number of hydrogen-bond donors (Lipinski definition) is 1. The van der Waals surface area contributed by atoms with E-state index in [1.165, 1.54) is 5.56 Å². The second-order valence-electron chi connectivity index (χ2n) is 2.95. The van der Waals surface area contributed by atoms with Gasteiger partial charge >= 0.3 is 0 Å². The molecule has 0 aliphatic carbocycles. The molecule has 1 nitrogen and oxygen atoms in total. The third kappa shape index (κ3) is 3.35. The van der Waals surface area contributed by atoms with Crippen LogP contribution in [0.25, 0.3) is 0 Å². The van der Waals surface area contributed by atoms with Crippen molar-refractivity contribution in [2.45, 2.75) is 13.3 Å². The molecule has 0 saturated heterocycles. The molecule has 1 aromatic rings. The number of hydrogen-bond acceptors (Lipinski definition) is 1. The second-order valence-corrected chi connectivity index (χ2v) is 3.81. The van der Waals surface area contributed by atoms with Gasteiger partial charge in [-0.25, -0.2) is 0 Å². The van der Waals surface area contributed by atoms with Crippen molar-refractivity contribution in [1.29, 1.82) is 0 Å². The normalized spacial score (nSPS) is 10.1. The average molecular weight is 246 g/mol. The molecule has 0 aromatic heterocycles. The first kappa shape index (κ1) is 10.5. The van der Waals surface area contributed by atoms with E-state index in [9.17, 15) is 4.39 Å². The quantitative estimate of drug-likeness (QED) is 0.801. The molecule has 1 N–H and O–H groups in total. The van der Waals surface area contributed by atoms with E-state index in [-0.39, 0.29) is 6.67 Å². The molecule has 13 heavy (non-hydrogen) atoms. The largest absolute Gasteiger partial charge is 0.384 e. The summed E-state index contributed by atoms with van der Waals surface area (Å²) in [5.74, 6) is 0. The van der Waals surface area contributed by atoms with Crippen LogP contribution in [0.15, 0.2) is 22.7 Å². The molecule has 0 fully saturated rings. The lowest BCUT2D eigenvalue weighted by Gasteiger charge is -2.07. The van der Waals surface area contributed by atoms with Crippen LogP contribution in [-0.2, 0) is 0 Å². The summed E-state index contributed by atoms with van der Waals surface area (Å²) in [4.78, 5) is 0. The van der Waals surface area contributed by atoms with Crippen LogP contribution in [-0.4, -0.2) is 13.2 Å². The van der Waals surface area contributed by atoms with Crippen molar-refractivity contribution >= 4 is 21.6 Å². The summed E-state index contributed by atoms with van der Waals surface area (Å²) in [6.45, 7) is 2.45. The van der Waals surface area contributed by atoms with Gasteiger partial charge in [0.05, 0.1) is 6.67 Å². The Morgan fingerprint density at radius 1 is 1.46 bits per heavy atom. The van der Waals surface area contributed by atoms with Crippen molar-refractivity contribution in [3.63, 3.8) is 0 Å². The van der Waals surface area contributed by atoms with Crippen LogP contribution < -0.4 is 5.32 Å². The summed E-state index contributed by atoms with van der Waals surface area (Å²) >= 11 is 3.44. The standard InChI is InChI=1S/C10H13BrFN/c1-8-3-4-10(9(11)7-8)13-6-2-5-12/h3-4,7,13H,2,5-6H2,1H3. The van der Waals surface area contributed by atoms with Gasteiger partial charge in [0.1, 0.15) is 0 Å². The number of alkyl halides is 1. The average Bonchev–Trinajstić information content (AvgIpc) is 2.09. The molecule has 0 atom stereocenters. The number of benzene rings is 1. The molecule has 0 aliphatic rings. The first-order valence-corrected chi connectivity index (χ1v) is 5.09. The molecule has 1 rings (SSSR count). The molecule has 0 aliphatic heterocycles. The number of halogens is 2. The van der Waals surface area contributed by atoms with E-state index in [0.29, 0.717) is 13.0 Å². The van der Waals surface area contributed by atoms with E-state index in [0.717, 1.165) is 10.2 Å². The highest BCUT2D eigenvalue weighted by Crippen LogP contribution is 2.23. The second kappa shape index (κ2) is 5.22. The maximum absolute atomic E-state index is 11.8. The van der Waals surface area contributed by atoms with Crippen LogP contribution in [0.2, 0.25) is 0 Å². The Morgan fingerprint density at radius 3 is 2.85 bits per heavy atom. The first-order valence-electron chi connectivity index (χ1n) is 4.30. The van der Waals surface area contributed by atoms with Crippen LogP contribution in [0, 0.1) is 6.92 Å². The lowest BCUT2D eigenvalue weighted by molar-refractivity contribution is 0.481. The van der Waals surface area contributed by atoms with Crippen molar-refractivity contribution in [2.75, 3.05) is 18.5 Å². The molecule has 72 valence electrons. The predicted molar refractivity (Wildman–Crippen MR) is 58.0 cm³/mol. The van der Waals surface area contributed by atoms with Gasteiger partial charge in [0, 0.05) is 16.7 Å². The zero-order valence-corrected chi connectivity index (χ0v) is 9.20. The van der Waals surface area contributed by atoms with Gasteiger partial charge in [0.25, 0.3) is 0 Å². The van der Waals surface area contributed by atoms with Gasteiger partial charge < -0.3 is 5.32 Å². The smallest absolute Gasteiger partial charge is 0.0911 e. The SMILES string of the molecule is Cc1ccc(NCCCF)c(Br)c1. The van der Waals surface area contributed by atoms with E-state index < -0.39 is 0 Å². The Bertz CT molecular complexity index is 276. The molecular weight excluding hydrogens is 233 g/mol. The van der Waals surface area contributed by atoms with Gasteiger partial charge in [0.15, 0.2) is 0 Å². The summed E-state index contributed by atoms with van der Waals surface area (Å²) in [6.07, 6.45) is 0.556. The molecule has 0 spiro atoms. The molecule has 0 amide bonds. The molecule has 0 unspecified atom stereocenters. The number of aryl methyl sites for hydroxylation is 1. The monoisotopic (exact) mass is 245 g/mol. The maximum Gasteiger partial charge on any atom is 0.0911 e. The van der Waals surface area contributed by atoms with E-state index >= 15 is 0 Å². The van der Waals surface area contributed by atoms with Gasteiger partial charge in [-0.1, -0.05) is 6.07 Å². The number of anilines is 1. The van der Waals surface area contributed by atoms with Crippen molar-refractivity contribution in [2.24, 2.45) is 0 Å². The first-order chi connectivity index (χ1) is 6.24. The predicted octanol–water partition coefficient (Wildman–Crippen LogP) is 3.53. The van der Waals surface area contributed by atoms with Gasteiger partial charge in [0.2, 0.25) is 0 Å². The van der Waals surface area contributed by atoms with Crippen LogP contribution in [0.3, 0.4) is 0 Å². The Balaban J connectivity index is 2.56. The van der Waals surface area contributed by atoms with Gasteiger partial charge in [-0.3, -0.25) is 4.39 Å². The highest BCUT2D eigenvalue weighted by atomic mass is 79.9. The Morgan fingerprint density at radius 2 is 2.23 bits per heavy atom. The maximum atomic E-state index is 11.8. The fourth-order valence-corrected chi connectivity index (χ4v) is 1.69. The zero-order valence-electron chi connectivity index (χ0n) is 7.61. The fourth-order valence-electron chi connectivity index (χ4n) is 1.05. The summed E-state index contributed by atoms with van der Waals surface area (Å²) in [6, 6.07) is 6.07. The molecule has 0 saturated carbocycles. The highest BCUT2D eigenvalue weighted by molar-refractivity contribution is 9.10. The molecular formula is C10H13BrFN. The summed E-state index contributed by atoms with van der Waals surface area (Å²) in [7, 11) is 0. The third-order valence-corrected chi connectivity index (χ3v) is 2.41. The van der Waals surface area contributed by atoms with E-state index in [2.05, 4.69) is 21.2 Å². The minimum Gasteiger partial charge on any atom is -0.384 e. The Labute approximate surface area is 86.5 Å². The number of nitrogens with one attached hydrogen (secondary N) is 1. The summed E-state index contributed by atoms with van der Waals surface area (Å²) in [5.41, 5.74) is 2.24. The van der Waals surface area contributed by atoms with Crippen LogP contribution >= 0.6 is 15.9 Å². The minimum atomic E-state index is -0.267.